The van der Waals surface area contributed by atoms with Crippen LogP contribution in [0.5, 0.6) is 0 Å². The molecule has 1 saturated heterocycles. The van der Waals surface area contributed by atoms with Crippen molar-refractivity contribution in [3.8, 4) is 5.82 Å². The van der Waals surface area contributed by atoms with Crippen molar-refractivity contribution in [3.05, 3.63) is 77.0 Å². The van der Waals surface area contributed by atoms with E-state index in [2.05, 4.69) is 77.6 Å². The molecule has 29 heavy (non-hydrogen) atoms. The van der Waals surface area contributed by atoms with E-state index >= 15 is 0 Å². The first-order valence-corrected chi connectivity index (χ1v) is 10.4. The van der Waals surface area contributed by atoms with Gasteiger partial charge in [-0.3, -0.25) is 4.98 Å². The van der Waals surface area contributed by atoms with E-state index in [-0.39, 0.29) is 18.1 Å². The Morgan fingerprint density at radius 1 is 1.03 bits per heavy atom. The zero-order chi connectivity index (χ0) is 20.7. The molecule has 1 aliphatic rings. The fourth-order valence-corrected chi connectivity index (χ4v) is 4.79. The fourth-order valence-electron chi connectivity index (χ4n) is 4.34. The van der Waals surface area contributed by atoms with E-state index in [4.69, 9.17) is 12.2 Å². The lowest BCUT2D eigenvalue weighted by Gasteiger charge is -2.31. The van der Waals surface area contributed by atoms with E-state index in [0.29, 0.717) is 0 Å². The van der Waals surface area contributed by atoms with E-state index in [1.54, 1.807) is 0 Å². The van der Waals surface area contributed by atoms with E-state index in [0.717, 1.165) is 22.3 Å². The third-order valence-electron chi connectivity index (χ3n) is 5.61. The van der Waals surface area contributed by atoms with Crippen molar-refractivity contribution >= 4 is 17.3 Å². The third-order valence-corrected chi connectivity index (χ3v) is 5.94. The van der Waals surface area contributed by atoms with Crippen LogP contribution in [0.2, 0.25) is 0 Å². The summed E-state index contributed by atoms with van der Waals surface area (Å²) < 4.78 is 2.23. The number of hydrogen-bond acceptors (Lipinski definition) is 3. The molecule has 0 radical (unpaired) electrons. The summed E-state index contributed by atoms with van der Waals surface area (Å²) in [6, 6.07) is 12.8. The van der Waals surface area contributed by atoms with Crippen LogP contribution >= 0.6 is 12.2 Å². The Morgan fingerprint density at radius 3 is 2.48 bits per heavy atom. The van der Waals surface area contributed by atoms with Gasteiger partial charge in [0.2, 0.25) is 0 Å². The van der Waals surface area contributed by atoms with E-state index in [1.165, 1.54) is 16.8 Å². The van der Waals surface area contributed by atoms with Crippen molar-refractivity contribution in [2.24, 2.45) is 0 Å². The lowest BCUT2D eigenvalue weighted by atomic mass is 9.96. The number of rotatable bonds is 4. The summed E-state index contributed by atoms with van der Waals surface area (Å²) in [7, 11) is 0. The standard InChI is InChI=1S/C23H27N5S/c1-14(2)27-22(21(26-23(27)29)19-8-6-7-10-24-19)18-13-16(4)28(17(18)5)20-12-15(3)9-11-25-20/h6-14,21-22H,1-5H3,(H,26,29)/t21-,22-/m0/s1. The molecular formula is C23H27N5S. The van der Waals surface area contributed by atoms with Gasteiger partial charge in [0.05, 0.1) is 17.8 Å². The summed E-state index contributed by atoms with van der Waals surface area (Å²) in [5.41, 5.74) is 5.80. The normalized spacial score (nSPS) is 19.1. The molecule has 4 heterocycles. The van der Waals surface area contributed by atoms with Crippen LogP contribution in [-0.4, -0.2) is 30.6 Å². The highest BCUT2D eigenvalue weighted by atomic mass is 32.1. The summed E-state index contributed by atoms with van der Waals surface area (Å²) >= 11 is 5.73. The number of thiocarbonyl (C=S) groups is 1. The molecule has 0 bridgehead atoms. The summed E-state index contributed by atoms with van der Waals surface area (Å²) in [6.07, 6.45) is 3.71. The maximum Gasteiger partial charge on any atom is 0.170 e. The molecule has 0 spiro atoms. The van der Waals surface area contributed by atoms with Crippen LogP contribution in [-0.2, 0) is 0 Å². The highest BCUT2D eigenvalue weighted by Crippen LogP contribution is 2.42. The highest BCUT2D eigenvalue weighted by Gasteiger charge is 2.42. The van der Waals surface area contributed by atoms with Crippen molar-refractivity contribution < 1.29 is 0 Å². The van der Waals surface area contributed by atoms with Gasteiger partial charge in [-0.2, -0.15) is 0 Å². The third kappa shape index (κ3) is 3.42. The minimum Gasteiger partial charge on any atom is -0.352 e. The fraction of sp³-hybridized carbons (Fsp3) is 0.348. The molecule has 0 unspecified atom stereocenters. The SMILES string of the molecule is Cc1ccnc(-n2c(C)cc([C@H]3[C@H](c4ccccn4)NC(=S)N3C(C)C)c2C)c1. The van der Waals surface area contributed by atoms with Crippen molar-refractivity contribution in [1.29, 1.82) is 0 Å². The van der Waals surface area contributed by atoms with E-state index < -0.39 is 0 Å². The molecule has 1 fully saturated rings. The van der Waals surface area contributed by atoms with Crippen LogP contribution in [0.1, 0.15) is 54.1 Å². The maximum atomic E-state index is 5.73. The first kappa shape index (κ1) is 19.6. The van der Waals surface area contributed by atoms with Gasteiger partial charge < -0.3 is 14.8 Å². The molecule has 150 valence electrons. The number of nitrogens with zero attached hydrogens (tertiary/aromatic N) is 4. The van der Waals surface area contributed by atoms with Crippen LogP contribution in [0.3, 0.4) is 0 Å². The number of aromatic nitrogens is 3. The molecule has 0 amide bonds. The quantitative estimate of drug-likeness (QED) is 0.644. The zero-order valence-corrected chi connectivity index (χ0v) is 18.4. The Labute approximate surface area is 177 Å². The van der Waals surface area contributed by atoms with Gasteiger partial charge >= 0.3 is 0 Å². The molecule has 6 heteroatoms. The Bertz CT molecular complexity index is 1040. The second kappa shape index (κ2) is 7.59. The van der Waals surface area contributed by atoms with Gasteiger partial charge in [0, 0.05) is 29.8 Å². The Hall–Kier alpha value is -2.73. The topological polar surface area (TPSA) is 46.0 Å². The Balaban J connectivity index is 1.86. The summed E-state index contributed by atoms with van der Waals surface area (Å²) in [5, 5.41) is 4.30. The zero-order valence-electron chi connectivity index (χ0n) is 17.5. The first-order valence-electron chi connectivity index (χ1n) is 10.00. The molecular weight excluding hydrogens is 378 g/mol. The van der Waals surface area contributed by atoms with Crippen molar-refractivity contribution in [2.45, 2.75) is 52.7 Å². The van der Waals surface area contributed by atoms with Gasteiger partial charge in [0.15, 0.2) is 5.11 Å². The predicted octanol–water partition coefficient (Wildman–Crippen LogP) is 4.57. The molecule has 2 atom stereocenters. The van der Waals surface area contributed by atoms with Gasteiger partial charge in [-0.25, -0.2) is 4.98 Å². The molecule has 0 aromatic carbocycles. The number of aryl methyl sites for hydroxylation is 2. The van der Waals surface area contributed by atoms with Gasteiger partial charge in [-0.05, 0) is 88.3 Å². The molecule has 1 aliphatic heterocycles. The molecule has 4 rings (SSSR count). The smallest absolute Gasteiger partial charge is 0.170 e. The summed E-state index contributed by atoms with van der Waals surface area (Å²) in [4.78, 5) is 11.5. The Kier molecular flexibility index (Phi) is 5.13. The van der Waals surface area contributed by atoms with Crippen LogP contribution in [0.15, 0.2) is 48.8 Å². The number of hydrogen-bond donors (Lipinski definition) is 1. The first-order chi connectivity index (χ1) is 13.9. The molecule has 3 aromatic rings. The maximum absolute atomic E-state index is 5.73. The van der Waals surface area contributed by atoms with Crippen molar-refractivity contribution in [3.63, 3.8) is 0 Å². The summed E-state index contributed by atoms with van der Waals surface area (Å²) in [5.74, 6) is 0.949. The van der Waals surface area contributed by atoms with Crippen LogP contribution in [0.25, 0.3) is 5.82 Å². The largest absolute Gasteiger partial charge is 0.352 e. The average Bonchev–Trinajstić information content (AvgIpc) is 3.18. The van der Waals surface area contributed by atoms with E-state index in [9.17, 15) is 0 Å². The van der Waals surface area contributed by atoms with Crippen LogP contribution in [0.4, 0.5) is 0 Å². The monoisotopic (exact) mass is 405 g/mol. The number of pyridine rings is 2. The average molecular weight is 406 g/mol. The summed E-state index contributed by atoms with van der Waals surface area (Å²) in [6.45, 7) is 10.8. The van der Waals surface area contributed by atoms with Crippen LogP contribution in [0, 0.1) is 20.8 Å². The Morgan fingerprint density at radius 2 is 1.83 bits per heavy atom. The second-order valence-electron chi connectivity index (χ2n) is 7.98. The molecule has 0 saturated carbocycles. The molecule has 0 aliphatic carbocycles. The van der Waals surface area contributed by atoms with Gasteiger partial charge in [0.25, 0.3) is 0 Å². The van der Waals surface area contributed by atoms with Crippen molar-refractivity contribution in [2.75, 3.05) is 0 Å². The number of nitrogens with one attached hydrogen (secondary N) is 1. The van der Waals surface area contributed by atoms with Crippen LogP contribution < -0.4 is 5.32 Å². The second-order valence-corrected chi connectivity index (χ2v) is 8.37. The van der Waals surface area contributed by atoms with E-state index in [1.807, 2.05) is 30.6 Å². The van der Waals surface area contributed by atoms with Gasteiger partial charge in [-0.15, -0.1) is 0 Å². The minimum absolute atomic E-state index is 0.00511. The highest BCUT2D eigenvalue weighted by molar-refractivity contribution is 7.80. The van der Waals surface area contributed by atoms with Gasteiger partial charge in [0.1, 0.15) is 5.82 Å². The minimum atomic E-state index is 0.00511. The van der Waals surface area contributed by atoms with Gasteiger partial charge in [-0.1, -0.05) is 6.07 Å². The lowest BCUT2D eigenvalue weighted by Crippen LogP contribution is -2.35. The lowest BCUT2D eigenvalue weighted by molar-refractivity contribution is 0.269. The predicted molar refractivity (Wildman–Crippen MR) is 120 cm³/mol. The molecule has 3 aromatic heterocycles. The molecule has 5 nitrogen and oxygen atoms in total. The van der Waals surface area contributed by atoms with Crippen molar-refractivity contribution in [1.82, 2.24) is 24.8 Å². The molecule has 1 N–H and O–H groups in total.